The van der Waals surface area contributed by atoms with Crippen molar-refractivity contribution in [2.24, 2.45) is 0 Å². The van der Waals surface area contributed by atoms with Gasteiger partial charge in [-0.15, -0.1) is 0 Å². The molecule has 0 fully saturated rings. The molecule has 0 aliphatic carbocycles. The van der Waals surface area contributed by atoms with Gasteiger partial charge in [0.2, 0.25) is 0 Å². The van der Waals surface area contributed by atoms with Crippen molar-refractivity contribution in [2.75, 3.05) is 12.3 Å². The Morgan fingerprint density at radius 3 is 2.81 bits per heavy atom. The molecular weight excluding hydrogens is 334 g/mol. The highest BCUT2D eigenvalue weighted by molar-refractivity contribution is 6.08. The molecule has 0 bridgehead atoms. The fourth-order valence-electron chi connectivity index (χ4n) is 3.50. The zero-order valence-corrected chi connectivity index (χ0v) is 14.9. The summed E-state index contributed by atoms with van der Waals surface area (Å²) in [5, 5.41) is 2.02. The second-order valence-electron chi connectivity index (χ2n) is 6.81. The molecule has 1 aliphatic rings. The first-order valence-electron chi connectivity index (χ1n) is 8.91. The fraction of sp³-hybridized carbons (Fsp3) is 0.130. The average Bonchev–Trinajstić information content (AvgIpc) is 3.14. The van der Waals surface area contributed by atoms with Gasteiger partial charge in [0.05, 0.1) is 12.1 Å². The quantitative estimate of drug-likeness (QED) is 0.384. The zero-order valence-electron chi connectivity index (χ0n) is 14.9. The lowest BCUT2D eigenvalue weighted by Gasteiger charge is -2.07. The smallest absolute Gasteiger partial charge is 0.150 e. The van der Waals surface area contributed by atoms with Crippen molar-refractivity contribution in [3.63, 3.8) is 0 Å². The maximum Gasteiger partial charge on any atom is 0.150 e. The highest BCUT2D eigenvalue weighted by Gasteiger charge is 2.11. The Morgan fingerprint density at radius 2 is 1.89 bits per heavy atom. The summed E-state index contributed by atoms with van der Waals surface area (Å²) in [5.74, 6) is 7.88. The predicted octanol–water partition coefficient (Wildman–Crippen LogP) is 4.01. The number of aromatic nitrogens is 2. The van der Waals surface area contributed by atoms with Crippen molar-refractivity contribution in [3.8, 4) is 17.6 Å². The fourth-order valence-corrected chi connectivity index (χ4v) is 3.50. The molecule has 0 saturated carbocycles. The third kappa shape index (κ3) is 2.74. The van der Waals surface area contributed by atoms with Crippen LogP contribution in [-0.2, 0) is 6.42 Å². The van der Waals surface area contributed by atoms with E-state index in [0.717, 1.165) is 51.8 Å². The molecule has 2 aromatic heterocycles. The van der Waals surface area contributed by atoms with E-state index in [1.165, 1.54) is 5.56 Å². The third-order valence-corrected chi connectivity index (χ3v) is 4.86. The van der Waals surface area contributed by atoms with E-state index < -0.39 is 0 Å². The molecule has 2 N–H and O–H groups in total. The number of nitrogens with zero attached hydrogens (tertiary/aromatic N) is 2. The van der Waals surface area contributed by atoms with E-state index in [-0.39, 0.29) is 0 Å². The van der Waals surface area contributed by atoms with Gasteiger partial charge in [0.15, 0.2) is 5.82 Å². The van der Waals surface area contributed by atoms with Crippen LogP contribution in [0.3, 0.4) is 0 Å². The molecule has 0 unspecified atom stereocenters. The summed E-state index contributed by atoms with van der Waals surface area (Å²) in [6, 6.07) is 14.3. The SMILES string of the molecule is Cc1ccc2c(c1)nc(N)c1ncc(C#Cc3ccc4c(c3)CCO4)cc12. The van der Waals surface area contributed by atoms with Crippen LogP contribution < -0.4 is 10.5 Å². The summed E-state index contributed by atoms with van der Waals surface area (Å²) < 4.78 is 5.55. The van der Waals surface area contributed by atoms with Gasteiger partial charge in [0.1, 0.15) is 11.3 Å². The minimum Gasteiger partial charge on any atom is -0.493 e. The second-order valence-corrected chi connectivity index (χ2v) is 6.81. The third-order valence-electron chi connectivity index (χ3n) is 4.86. The number of anilines is 1. The summed E-state index contributed by atoms with van der Waals surface area (Å²) in [6.45, 7) is 2.80. The van der Waals surface area contributed by atoms with E-state index in [2.05, 4.69) is 40.0 Å². The van der Waals surface area contributed by atoms with Crippen LogP contribution in [0, 0.1) is 18.8 Å². The predicted molar refractivity (Wildman–Crippen MR) is 108 cm³/mol. The van der Waals surface area contributed by atoms with E-state index in [4.69, 9.17) is 10.5 Å². The molecule has 4 nitrogen and oxygen atoms in total. The molecule has 4 heteroatoms. The molecular formula is C23H17N3O. The number of fused-ring (bicyclic) bond motifs is 4. The number of aryl methyl sites for hydroxylation is 1. The van der Waals surface area contributed by atoms with Gasteiger partial charge in [0.25, 0.3) is 0 Å². The second kappa shape index (κ2) is 6.00. The number of nitrogen functional groups attached to an aromatic ring is 1. The molecule has 130 valence electrons. The van der Waals surface area contributed by atoms with Crippen LogP contribution in [0.5, 0.6) is 5.75 Å². The molecule has 0 amide bonds. The number of pyridine rings is 2. The topological polar surface area (TPSA) is 61.0 Å². The first kappa shape index (κ1) is 15.7. The number of rotatable bonds is 0. The number of ether oxygens (including phenoxy) is 1. The summed E-state index contributed by atoms with van der Waals surface area (Å²) in [6.07, 6.45) is 2.70. The maximum atomic E-state index is 6.12. The monoisotopic (exact) mass is 351 g/mol. The van der Waals surface area contributed by atoms with Crippen LogP contribution in [0.1, 0.15) is 22.3 Å². The Morgan fingerprint density at radius 1 is 1.00 bits per heavy atom. The highest BCUT2D eigenvalue weighted by atomic mass is 16.5. The first-order chi connectivity index (χ1) is 13.2. The van der Waals surface area contributed by atoms with Gasteiger partial charge < -0.3 is 10.5 Å². The molecule has 0 radical (unpaired) electrons. The highest BCUT2D eigenvalue weighted by Crippen LogP contribution is 2.28. The Balaban J connectivity index is 1.62. The molecule has 5 rings (SSSR count). The Hall–Kier alpha value is -3.58. The van der Waals surface area contributed by atoms with E-state index in [0.29, 0.717) is 11.3 Å². The molecule has 2 aromatic carbocycles. The van der Waals surface area contributed by atoms with Crippen LogP contribution in [0.15, 0.2) is 48.7 Å². The molecule has 4 aromatic rings. The molecule has 0 atom stereocenters. The number of benzene rings is 2. The van der Waals surface area contributed by atoms with Gasteiger partial charge >= 0.3 is 0 Å². The Bertz CT molecular complexity index is 1280. The first-order valence-corrected chi connectivity index (χ1v) is 8.91. The minimum absolute atomic E-state index is 0.446. The standard InChI is InChI=1S/C23H17N3O/c1-14-2-6-18-19-12-16(13-25-22(19)23(24)26-20(18)10-14)4-3-15-5-7-21-17(11-15)8-9-27-21/h2,5-7,10-13H,8-9H2,1H3,(H2,24,26). The lowest BCUT2D eigenvalue weighted by Crippen LogP contribution is -1.96. The normalized spacial score (nSPS) is 12.5. The average molecular weight is 351 g/mol. The zero-order chi connectivity index (χ0) is 18.4. The van der Waals surface area contributed by atoms with Gasteiger partial charge in [-0.2, -0.15) is 0 Å². The summed E-state index contributed by atoms with van der Waals surface area (Å²) >= 11 is 0. The largest absolute Gasteiger partial charge is 0.493 e. The van der Waals surface area contributed by atoms with Gasteiger partial charge in [-0.05, 0) is 48.4 Å². The molecule has 3 heterocycles. The van der Waals surface area contributed by atoms with E-state index in [1.54, 1.807) is 6.20 Å². The molecule has 0 saturated heterocycles. The van der Waals surface area contributed by atoms with Crippen LogP contribution >= 0.6 is 0 Å². The van der Waals surface area contributed by atoms with E-state index in [1.807, 2.05) is 31.2 Å². The summed E-state index contributed by atoms with van der Waals surface area (Å²) in [7, 11) is 0. The lowest BCUT2D eigenvalue weighted by molar-refractivity contribution is 0.357. The Kier molecular flexibility index (Phi) is 3.48. The number of nitrogens with two attached hydrogens (primary N) is 1. The van der Waals surface area contributed by atoms with Crippen LogP contribution in [0.25, 0.3) is 21.8 Å². The van der Waals surface area contributed by atoms with Crippen molar-refractivity contribution in [1.82, 2.24) is 9.97 Å². The van der Waals surface area contributed by atoms with E-state index >= 15 is 0 Å². The molecule has 0 spiro atoms. The van der Waals surface area contributed by atoms with Gasteiger partial charge in [0, 0.05) is 34.5 Å². The van der Waals surface area contributed by atoms with Crippen molar-refractivity contribution < 1.29 is 4.74 Å². The molecule has 1 aliphatic heterocycles. The van der Waals surface area contributed by atoms with Crippen molar-refractivity contribution >= 4 is 27.6 Å². The molecule has 27 heavy (non-hydrogen) atoms. The maximum absolute atomic E-state index is 6.12. The van der Waals surface area contributed by atoms with Crippen molar-refractivity contribution in [1.29, 1.82) is 0 Å². The van der Waals surface area contributed by atoms with Crippen LogP contribution in [0.2, 0.25) is 0 Å². The van der Waals surface area contributed by atoms with Crippen molar-refractivity contribution in [2.45, 2.75) is 13.3 Å². The number of hydrogen-bond donors (Lipinski definition) is 1. The summed E-state index contributed by atoms with van der Waals surface area (Å²) in [5.41, 5.74) is 11.9. The van der Waals surface area contributed by atoms with Gasteiger partial charge in [-0.3, -0.25) is 4.98 Å². The lowest BCUT2D eigenvalue weighted by atomic mass is 10.1. The Labute approximate surface area is 157 Å². The van der Waals surface area contributed by atoms with Gasteiger partial charge in [-0.1, -0.05) is 24.0 Å². The van der Waals surface area contributed by atoms with E-state index in [9.17, 15) is 0 Å². The van der Waals surface area contributed by atoms with Crippen LogP contribution in [-0.4, -0.2) is 16.6 Å². The minimum atomic E-state index is 0.446. The van der Waals surface area contributed by atoms with Gasteiger partial charge in [-0.25, -0.2) is 4.98 Å². The number of hydrogen-bond acceptors (Lipinski definition) is 4. The van der Waals surface area contributed by atoms with Crippen molar-refractivity contribution in [3.05, 3.63) is 70.9 Å². The van der Waals surface area contributed by atoms with Crippen LogP contribution in [0.4, 0.5) is 5.82 Å². The summed E-state index contributed by atoms with van der Waals surface area (Å²) in [4.78, 5) is 9.00.